The van der Waals surface area contributed by atoms with Crippen LogP contribution in [0, 0.1) is 5.92 Å². The molecule has 166 valence electrons. The van der Waals surface area contributed by atoms with Crippen molar-refractivity contribution in [3.8, 4) is 0 Å². The smallest absolute Gasteiger partial charge is 0.220 e. The quantitative estimate of drug-likeness (QED) is 0.340. The molecule has 1 rings (SSSR count). The molecule has 0 aromatic rings. The number of aliphatic hydroxyl groups is 1. The number of unbranched alkanes of at least 4 members (excludes halogenated alkanes) is 2. The zero-order valence-electron chi connectivity index (χ0n) is 18.5. The highest BCUT2D eigenvalue weighted by Gasteiger charge is 2.37. The summed E-state index contributed by atoms with van der Waals surface area (Å²) in [6.45, 7) is 4.15. The van der Waals surface area contributed by atoms with Gasteiger partial charge in [-0.15, -0.1) is 0 Å². The van der Waals surface area contributed by atoms with Crippen molar-refractivity contribution in [1.29, 1.82) is 0 Å². The van der Waals surface area contributed by atoms with E-state index in [4.69, 9.17) is 9.47 Å². The van der Waals surface area contributed by atoms with Crippen LogP contribution in [-0.2, 0) is 19.1 Å². The van der Waals surface area contributed by atoms with Gasteiger partial charge in [-0.2, -0.15) is 0 Å². The summed E-state index contributed by atoms with van der Waals surface area (Å²) in [5, 5.41) is 13.0. The lowest BCUT2D eigenvalue weighted by Crippen LogP contribution is -2.47. The molecule has 29 heavy (non-hydrogen) atoms. The van der Waals surface area contributed by atoms with Crippen molar-refractivity contribution < 1.29 is 24.2 Å². The fourth-order valence-corrected chi connectivity index (χ4v) is 3.59. The summed E-state index contributed by atoms with van der Waals surface area (Å²) in [4.78, 5) is 24.5. The van der Waals surface area contributed by atoms with Gasteiger partial charge in [0.2, 0.25) is 5.91 Å². The van der Waals surface area contributed by atoms with E-state index >= 15 is 0 Å². The Morgan fingerprint density at radius 3 is 2.72 bits per heavy atom. The van der Waals surface area contributed by atoms with E-state index in [0.29, 0.717) is 24.8 Å². The lowest BCUT2D eigenvalue weighted by molar-refractivity contribution is -0.132. The van der Waals surface area contributed by atoms with Gasteiger partial charge in [0.25, 0.3) is 0 Å². The zero-order chi connectivity index (χ0) is 21.6. The van der Waals surface area contributed by atoms with Crippen LogP contribution in [0.5, 0.6) is 0 Å². The highest BCUT2D eigenvalue weighted by atomic mass is 16.5. The first kappa shape index (κ1) is 25.5. The summed E-state index contributed by atoms with van der Waals surface area (Å²) in [7, 11) is 3.25. The van der Waals surface area contributed by atoms with Crippen LogP contribution in [0.3, 0.4) is 0 Å². The minimum absolute atomic E-state index is 0.0899. The van der Waals surface area contributed by atoms with Crippen molar-refractivity contribution in [2.24, 2.45) is 5.92 Å². The van der Waals surface area contributed by atoms with Crippen molar-refractivity contribution in [3.05, 3.63) is 23.8 Å². The molecule has 1 aliphatic carbocycles. The Kier molecular flexibility index (Phi) is 12.7. The van der Waals surface area contributed by atoms with Crippen LogP contribution in [0.2, 0.25) is 0 Å². The van der Waals surface area contributed by atoms with Gasteiger partial charge in [-0.1, -0.05) is 44.4 Å². The van der Waals surface area contributed by atoms with E-state index in [1.165, 1.54) is 26.4 Å². The minimum atomic E-state index is -0.776. The average Bonchev–Trinajstić information content (AvgIpc) is 2.71. The molecule has 0 bridgehead atoms. The molecule has 0 saturated heterocycles. The van der Waals surface area contributed by atoms with Crippen molar-refractivity contribution in [1.82, 2.24) is 5.32 Å². The molecule has 0 heterocycles. The Labute approximate surface area is 175 Å². The van der Waals surface area contributed by atoms with Crippen molar-refractivity contribution in [2.75, 3.05) is 20.8 Å². The molecule has 0 aliphatic heterocycles. The number of aliphatic hydroxyl groups excluding tert-OH is 1. The van der Waals surface area contributed by atoms with E-state index in [0.717, 1.165) is 12.8 Å². The first-order valence-electron chi connectivity index (χ1n) is 10.8. The van der Waals surface area contributed by atoms with Crippen LogP contribution in [0.25, 0.3) is 0 Å². The number of ether oxygens (including phenoxy) is 2. The van der Waals surface area contributed by atoms with Crippen molar-refractivity contribution in [2.45, 2.75) is 83.5 Å². The molecule has 1 aliphatic rings. The highest BCUT2D eigenvalue weighted by Crippen LogP contribution is 2.25. The lowest BCUT2D eigenvalue weighted by atomic mass is 9.82. The Morgan fingerprint density at radius 1 is 1.31 bits per heavy atom. The summed E-state index contributed by atoms with van der Waals surface area (Å²) in [5.74, 6) is -0.837. The van der Waals surface area contributed by atoms with Crippen LogP contribution in [0.1, 0.15) is 65.2 Å². The Bertz CT molecular complexity index is 557. The number of carbonyl (C=O) groups excluding carboxylic acids is 2. The Balaban J connectivity index is 2.33. The molecular weight excluding hydrogens is 370 g/mol. The minimum Gasteiger partial charge on any atom is -0.392 e. The monoisotopic (exact) mass is 409 g/mol. The van der Waals surface area contributed by atoms with Gasteiger partial charge in [-0.3, -0.25) is 9.59 Å². The van der Waals surface area contributed by atoms with Gasteiger partial charge in [0.1, 0.15) is 0 Å². The van der Waals surface area contributed by atoms with Crippen LogP contribution >= 0.6 is 0 Å². The number of ketones is 1. The van der Waals surface area contributed by atoms with Crippen molar-refractivity contribution in [3.63, 3.8) is 0 Å². The summed E-state index contributed by atoms with van der Waals surface area (Å²) in [5.41, 5.74) is 0.642. The number of amides is 1. The molecule has 6 nitrogen and oxygen atoms in total. The molecule has 2 unspecified atom stereocenters. The van der Waals surface area contributed by atoms with Crippen LogP contribution in [0.15, 0.2) is 23.8 Å². The second-order valence-corrected chi connectivity index (χ2v) is 7.76. The summed E-state index contributed by atoms with van der Waals surface area (Å²) >= 11 is 0. The van der Waals surface area contributed by atoms with E-state index in [-0.39, 0.29) is 24.3 Å². The maximum absolute atomic E-state index is 12.3. The molecule has 0 fully saturated rings. The van der Waals surface area contributed by atoms with E-state index in [2.05, 4.69) is 18.3 Å². The van der Waals surface area contributed by atoms with E-state index in [9.17, 15) is 14.7 Å². The normalized spacial score (nSPS) is 21.8. The highest BCUT2D eigenvalue weighted by molar-refractivity contribution is 5.98. The average molecular weight is 410 g/mol. The van der Waals surface area contributed by atoms with Crippen LogP contribution in [0.4, 0.5) is 0 Å². The fraction of sp³-hybridized carbons (Fsp3) is 0.739. The molecule has 1 amide bonds. The predicted molar refractivity (Wildman–Crippen MR) is 115 cm³/mol. The Hall–Kier alpha value is -1.50. The fourth-order valence-electron chi connectivity index (χ4n) is 3.59. The van der Waals surface area contributed by atoms with E-state index in [1.807, 2.05) is 6.08 Å². The number of rotatable bonds is 14. The molecule has 4 atom stereocenters. The first-order valence-corrected chi connectivity index (χ1v) is 10.8. The van der Waals surface area contributed by atoms with Gasteiger partial charge in [-0.05, 0) is 38.2 Å². The predicted octanol–water partition coefficient (Wildman–Crippen LogP) is 3.34. The second-order valence-electron chi connectivity index (χ2n) is 7.76. The molecule has 6 heteroatoms. The van der Waals surface area contributed by atoms with Crippen molar-refractivity contribution >= 4 is 11.7 Å². The number of carbonyl (C=O) groups is 2. The number of hydrogen-bond donors (Lipinski definition) is 2. The van der Waals surface area contributed by atoms with Gasteiger partial charge in [0, 0.05) is 27.2 Å². The number of Topliss-reactive ketones (excluding diaryl/α,β-unsaturated/α-hetero) is 1. The number of hydrogen-bond acceptors (Lipinski definition) is 5. The van der Waals surface area contributed by atoms with Gasteiger partial charge >= 0.3 is 0 Å². The topological polar surface area (TPSA) is 84.9 Å². The van der Waals surface area contributed by atoms with E-state index in [1.54, 1.807) is 20.1 Å². The third kappa shape index (κ3) is 9.24. The Morgan fingerprint density at radius 2 is 2.07 bits per heavy atom. The summed E-state index contributed by atoms with van der Waals surface area (Å²) < 4.78 is 10.9. The van der Waals surface area contributed by atoms with Crippen LogP contribution in [-0.4, -0.2) is 55.9 Å². The summed E-state index contributed by atoms with van der Waals surface area (Å²) in [6.07, 6.45) is 11.8. The van der Waals surface area contributed by atoms with Gasteiger partial charge < -0.3 is 19.9 Å². The van der Waals surface area contributed by atoms with Crippen LogP contribution < -0.4 is 5.32 Å². The molecule has 0 saturated carbocycles. The third-order valence-corrected chi connectivity index (χ3v) is 5.54. The molecule has 0 aromatic heterocycles. The lowest BCUT2D eigenvalue weighted by Gasteiger charge is -2.31. The summed E-state index contributed by atoms with van der Waals surface area (Å²) in [6, 6.07) is 0. The largest absolute Gasteiger partial charge is 0.392 e. The zero-order valence-corrected chi connectivity index (χ0v) is 18.5. The maximum atomic E-state index is 12.3. The third-order valence-electron chi connectivity index (χ3n) is 5.54. The number of methoxy groups -OCH3 is 2. The second kappa shape index (κ2) is 14.5. The molecule has 0 radical (unpaired) electrons. The molecule has 0 aromatic carbocycles. The van der Waals surface area contributed by atoms with E-state index < -0.39 is 18.1 Å². The number of nitrogens with one attached hydrogen (secondary N) is 1. The first-order chi connectivity index (χ1) is 13.9. The maximum Gasteiger partial charge on any atom is 0.220 e. The van der Waals surface area contributed by atoms with Gasteiger partial charge in [0.15, 0.2) is 5.78 Å². The van der Waals surface area contributed by atoms with Gasteiger partial charge in [-0.25, -0.2) is 0 Å². The molecule has 2 N–H and O–H groups in total. The van der Waals surface area contributed by atoms with Gasteiger partial charge in [0.05, 0.1) is 24.2 Å². The SMILES string of the molecule is CCCCC[C@@H](C/C=C/CCC(=O)NC[C@@H](OC)C1C(=O)C(C)=CCC1O)OC. The molecular formula is C23H39NO5. The molecule has 0 spiro atoms. The number of allylic oxidation sites excluding steroid dienone is 2. The standard InChI is InChI=1S/C23H39NO5/c1-5-6-8-11-18(28-3)12-9-7-10-13-21(26)24-16-20(29-4)22-19(25)15-14-17(2)23(22)27/h7,9,14,18-20,22,25H,5-6,8,10-13,15-16H2,1-4H3,(H,24,26)/b9-7+/t18-,19?,20+,22?/m0/s1.